The summed E-state index contributed by atoms with van der Waals surface area (Å²) in [5, 5.41) is 2.42. The van der Waals surface area contributed by atoms with Gasteiger partial charge < -0.3 is 24.3 Å². The molecule has 3 aliphatic rings. The minimum atomic E-state index is -2.57. The second-order valence-electron chi connectivity index (χ2n) is 12.3. The van der Waals surface area contributed by atoms with Gasteiger partial charge in [-0.3, -0.25) is 9.69 Å². The SMILES string of the molecule is [C-]#[N+]CC1CN(c2nc(OCCN(C)C3CC(F)(F)C3)nc3c2CCN(c2cccc4cccc(C)c24)C3)CCN1C(=O)C=C. The Morgan fingerprint density at radius 2 is 1.96 bits per heavy atom. The van der Waals surface area contributed by atoms with E-state index in [0.29, 0.717) is 32.7 Å². The Morgan fingerprint density at radius 3 is 2.69 bits per heavy atom. The smallest absolute Gasteiger partial charge is 0.318 e. The van der Waals surface area contributed by atoms with Crippen molar-refractivity contribution in [3.63, 3.8) is 0 Å². The summed E-state index contributed by atoms with van der Waals surface area (Å²) in [6, 6.07) is 12.5. The number of nitrogens with zero attached hydrogens (tertiary/aromatic N) is 7. The van der Waals surface area contributed by atoms with Crippen molar-refractivity contribution in [3.05, 3.63) is 77.3 Å². The van der Waals surface area contributed by atoms with Crippen molar-refractivity contribution < 1.29 is 18.3 Å². The molecule has 236 valence electrons. The number of ether oxygens (including phenoxy) is 1. The van der Waals surface area contributed by atoms with Crippen LogP contribution in [-0.4, -0.2) is 96.6 Å². The second-order valence-corrected chi connectivity index (χ2v) is 12.3. The maximum Gasteiger partial charge on any atom is 0.318 e. The quantitative estimate of drug-likeness (QED) is 0.255. The lowest BCUT2D eigenvalue weighted by Crippen LogP contribution is -2.56. The molecule has 6 rings (SSSR count). The molecule has 1 saturated heterocycles. The summed E-state index contributed by atoms with van der Waals surface area (Å²) in [5.41, 5.74) is 4.30. The number of anilines is 2. The second kappa shape index (κ2) is 12.6. The van der Waals surface area contributed by atoms with E-state index >= 15 is 0 Å². The van der Waals surface area contributed by atoms with Gasteiger partial charge in [0.05, 0.1) is 12.2 Å². The lowest BCUT2D eigenvalue weighted by molar-refractivity contribution is -0.128. The average Bonchev–Trinajstić information content (AvgIpc) is 3.02. The number of rotatable bonds is 9. The molecule has 9 nitrogen and oxygen atoms in total. The van der Waals surface area contributed by atoms with Crippen molar-refractivity contribution in [1.29, 1.82) is 0 Å². The van der Waals surface area contributed by atoms with E-state index in [2.05, 4.69) is 64.5 Å². The normalized spacial score (nSPS) is 19.6. The summed E-state index contributed by atoms with van der Waals surface area (Å²) in [5.74, 6) is -1.97. The molecular weight excluding hydrogens is 576 g/mol. The first-order valence-electron chi connectivity index (χ1n) is 15.5. The third-order valence-corrected chi connectivity index (χ3v) is 9.36. The van der Waals surface area contributed by atoms with Crippen LogP contribution < -0.4 is 14.5 Å². The fourth-order valence-electron chi connectivity index (χ4n) is 6.81. The number of carbonyl (C=O) groups excluding carboxylic acids is 1. The summed E-state index contributed by atoms with van der Waals surface area (Å²) >= 11 is 0. The van der Waals surface area contributed by atoms with Crippen molar-refractivity contribution in [1.82, 2.24) is 19.8 Å². The molecule has 1 aromatic heterocycles. The van der Waals surface area contributed by atoms with Crippen LogP contribution in [-0.2, 0) is 17.8 Å². The molecule has 2 aliphatic heterocycles. The van der Waals surface area contributed by atoms with E-state index in [4.69, 9.17) is 21.3 Å². The van der Waals surface area contributed by atoms with E-state index in [1.807, 2.05) is 11.9 Å². The van der Waals surface area contributed by atoms with Gasteiger partial charge in [-0.25, -0.2) is 15.4 Å². The van der Waals surface area contributed by atoms with Crippen molar-refractivity contribution in [2.24, 2.45) is 0 Å². The van der Waals surface area contributed by atoms with Crippen LogP contribution in [0, 0.1) is 13.5 Å². The lowest BCUT2D eigenvalue weighted by atomic mass is 9.87. The average molecular weight is 616 g/mol. The van der Waals surface area contributed by atoms with Gasteiger partial charge in [0.15, 0.2) is 0 Å². The number of amides is 1. The Morgan fingerprint density at radius 1 is 1.18 bits per heavy atom. The zero-order valence-electron chi connectivity index (χ0n) is 25.9. The zero-order chi connectivity index (χ0) is 31.7. The molecule has 0 bridgehead atoms. The number of likely N-dealkylation sites (N-methyl/N-ethyl adjacent to an activating group) is 1. The largest absolute Gasteiger partial charge is 0.462 e. The first-order chi connectivity index (χ1) is 21.7. The highest BCUT2D eigenvalue weighted by atomic mass is 19.3. The lowest BCUT2D eigenvalue weighted by Gasteiger charge is -2.41. The number of halogens is 2. The summed E-state index contributed by atoms with van der Waals surface area (Å²) in [7, 11) is 1.84. The Hall–Kier alpha value is -4.30. The van der Waals surface area contributed by atoms with Gasteiger partial charge in [0.1, 0.15) is 18.5 Å². The van der Waals surface area contributed by atoms with Crippen LogP contribution in [0.1, 0.15) is 29.7 Å². The molecule has 1 saturated carbocycles. The van der Waals surface area contributed by atoms with Crippen LogP contribution >= 0.6 is 0 Å². The van der Waals surface area contributed by atoms with E-state index in [0.717, 1.165) is 35.7 Å². The van der Waals surface area contributed by atoms with Crippen LogP contribution in [0.25, 0.3) is 15.6 Å². The Kier molecular flexibility index (Phi) is 8.60. The fraction of sp³-hybridized carbons (Fsp3) is 0.471. The van der Waals surface area contributed by atoms with Gasteiger partial charge in [-0.15, -0.1) is 0 Å². The molecule has 3 aromatic rings. The van der Waals surface area contributed by atoms with Gasteiger partial charge in [-0.1, -0.05) is 36.9 Å². The van der Waals surface area contributed by atoms with Crippen LogP contribution in [0.15, 0.2) is 49.1 Å². The Balaban J connectivity index is 1.28. The van der Waals surface area contributed by atoms with E-state index in [9.17, 15) is 13.6 Å². The van der Waals surface area contributed by atoms with E-state index in [-0.39, 0.29) is 50.0 Å². The number of aromatic nitrogens is 2. The molecule has 1 amide bonds. The summed E-state index contributed by atoms with van der Waals surface area (Å²) < 4.78 is 32.9. The van der Waals surface area contributed by atoms with Crippen LogP contribution in [0.3, 0.4) is 0 Å². The molecule has 1 aliphatic carbocycles. The molecule has 2 aromatic carbocycles. The Labute approximate surface area is 262 Å². The first kappa shape index (κ1) is 30.7. The minimum absolute atomic E-state index is 0.126. The molecule has 0 N–H and O–H groups in total. The van der Waals surface area contributed by atoms with Gasteiger partial charge >= 0.3 is 6.01 Å². The predicted octanol–water partition coefficient (Wildman–Crippen LogP) is 4.73. The van der Waals surface area contributed by atoms with Crippen molar-refractivity contribution in [3.8, 4) is 6.01 Å². The summed E-state index contributed by atoms with van der Waals surface area (Å²) in [6.07, 6.45) is 1.78. The molecule has 1 unspecified atom stereocenters. The fourth-order valence-corrected chi connectivity index (χ4v) is 6.81. The third kappa shape index (κ3) is 6.29. The maximum absolute atomic E-state index is 13.4. The number of hydrogen-bond acceptors (Lipinski definition) is 7. The number of carbonyl (C=O) groups is 1. The van der Waals surface area contributed by atoms with Crippen molar-refractivity contribution in [2.75, 3.05) is 62.7 Å². The highest BCUT2D eigenvalue weighted by molar-refractivity contribution is 5.97. The van der Waals surface area contributed by atoms with Crippen LogP contribution in [0.2, 0.25) is 0 Å². The topological polar surface area (TPSA) is 69.4 Å². The number of benzene rings is 2. The standard InChI is InChI=1S/C34H39F2N7O2/c1-5-30(44)43-15-14-42(21-26(43)20-37-3)32-27-12-13-41(29-11-7-10-24-9-6-8-23(2)31(24)29)22-28(27)38-33(39-32)45-17-16-40(4)25-18-34(35,36)19-25/h5-11,25-26H,1,12-22H2,2,4H3. The van der Waals surface area contributed by atoms with Crippen LogP contribution in [0.5, 0.6) is 6.01 Å². The highest BCUT2D eigenvalue weighted by Crippen LogP contribution is 2.40. The monoisotopic (exact) mass is 615 g/mol. The number of piperazine rings is 1. The molecule has 1 atom stereocenters. The van der Waals surface area contributed by atoms with E-state index in [1.165, 1.54) is 22.4 Å². The van der Waals surface area contributed by atoms with Crippen molar-refractivity contribution in [2.45, 2.75) is 50.7 Å². The number of alkyl halides is 2. The molecular formula is C34H39F2N7O2. The number of fused-ring (bicyclic) bond motifs is 2. The molecule has 3 heterocycles. The number of aryl methyl sites for hydroxylation is 1. The van der Waals surface area contributed by atoms with Gasteiger partial charge in [0.2, 0.25) is 12.5 Å². The van der Waals surface area contributed by atoms with E-state index < -0.39 is 5.92 Å². The van der Waals surface area contributed by atoms with Crippen LogP contribution in [0.4, 0.5) is 20.3 Å². The Bertz CT molecular complexity index is 1630. The molecule has 0 radical (unpaired) electrons. The first-order valence-corrected chi connectivity index (χ1v) is 15.5. The van der Waals surface area contributed by atoms with Gasteiger partial charge in [0, 0.05) is 68.2 Å². The molecule has 11 heteroatoms. The van der Waals surface area contributed by atoms with Gasteiger partial charge in [-0.05, 0) is 43.5 Å². The van der Waals surface area contributed by atoms with Gasteiger partial charge in [0.25, 0.3) is 5.92 Å². The predicted molar refractivity (Wildman–Crippen MR) is 171 cm³/mol. The highest BCUT2D eigenvalue weighted by Gasteiger charge is 2.46. The summed E-state index contributed by atoms with van der Waals surface area (Å²) in [6.45, 7) is 17.0. The maximum atomic E-state index is 13.4. The van der Waals surface area contributed by atoms with Gasteiger partial charge in [-0.2, -0.15) is 9.97 Å². The molecule has 45 heavy (non-hydrogen) atoms. The third-order valence-electron chi connectivity index (χ3n) is 9.36. The number of hydrogen-bond donors (Lipinski definition) is 0. The molecule has 0 spiro atoms. The summed E-state index contributed by atoms with van der Waals surface area (Å²) in [4.78, 5) is 34.1. The zero-order valence-corrected chi connectivity index (χ0v) is 25.9. The molecule has 2 fully saturated rings. The van der Waals surface area contributed by atoms with E-state index in [1.54, 1.807) is 4.90 Å². The minimum Gasteiger partial charge on any atom is -0.462 e. The van der Waals surface area contributed by atoms with Crippen molar-refractivity contribution >= 4 is 28.2 Å².